The van der Waals surface area contributed by atoms with Crippen LogP contribution in [0.5, 0.6) is 0 Å². The molecule has 0 fully saturated rings. The molecule has 3 aromatic rings. The molecular weight excluding hydrogens is 386 g/mol. The number of para-hydroxylation sites is 2. The molecule has 1 amide bonds. The van der Waals surface area contributed by atoms with E-state index < -0.39 is 5.76 Å². The van der Waals surface area contributed by atoms with Gasteiger partial charge < -0.3 is 4.42 Å². The van der Waals surface area contributed by atoms with Gasteiger partial charge in [-0.25, -0.2) is 4.79 Å². The molecule has 0 bridgehead atoms. The summed E-state index contributed by atoms with van der Waals surface area (Å²) < 4.78 is 6.56. The molecule has 0 aliphatic carbocycles. The predicted molar refractivity (Wildman–Crippen MR) is 109 cm³/mol. The summed E-state index contributed by atoms with van der Waals surface area (Å²) in [6.07, 6.45) is 0. The van der Waals surface area contributed by atoms with E-state index in [-0.39, 0.29) is 18.5 Å². The number of nitrogens with zero attached hydrogens (tertiary/aromatic N) is 3. The van der Waals surface area contributed by atoms with Crippen LogP contribution in [0, 0.1) is 0 Å². The Hall–Kier alpha value is -2.51. The molecule has 1 aromatic heterocycles. The maximum atomic E-state index is 13.2. The molecule has 138 valence electrons. The van der Waals surface area contributed by atoms with Crippen LogP contribution in [0.25, 0.3) is 11.1 Å². The van der Waals surface area contributed by atoms with Gasteiger partial charge in [0.25, 0.3) is 5.91 Å². The first kappa shape index (κ1) is 17.9. The molecule has 8 heteroatoms. The van der Waals surface area contributed by atoms with Crippen molar-refractivity contribution in [2.45, 2.75) is 19.5 Å². The molecule has 1 aliphatic heterocycles. The minimum atomic E-state index is -0.560. The number of aliphatic imine (C=N–C) groups is 1. The smallest absolute Gasteiger partial charge is 0.408 e. The second-order valence-electron chi connectivity index (χ2n) is 6.20. The molecular formula is C19H16ClN3O3S. The number of amidine groups is 1. The number of rotatable bonds is 3. The van der Waals surface area contributed by atoms with Crippen LogP contribution >= 0.6 is 23.4 Å². The van der Waals surface area contributed by atoms with Gasteiger partial charge in [0.05, 0.1) is 17.2 Å². The van der Waals surface area contributed by atoms with E-state index in [0.717, 1.165) is 5.75 Å². The third kappa shape index (κ3) is 3.52. The van der Waals surface area contributed by atoms with E-state index >= 15 is 0 Å². The number of thioether (sulfide) groups is 1. The number of hydrogen-bond donors (Lipinski definition) is 0. The number of hydrogen-bond acceptors (Lipinski definition) is 5. The molecule has 1 aliphatic rings. The van der Waals surface area contributed by atoms with Gasteiger partial charge in [0.2, 0.25) is 0 Å². The van der Waals surface area contributed by atoms with Crippen molar-refractivity contribution in [1.29, 1.82) is 0 Å². The van der Waals surface area contributed by atoms with Gasteiger partial charge in [-0.2, -0.15) is 0 Å². The molecule has 1 atom stereocenters. The highest BCUT2D eigenvalue weighted by Crippen LogP contribution is 2.27. The molecule has 0 radical (unpaired) electrons. The number of carbonyl (C=O) groups is 1. The average molecular weight is 402 g/mol. The molecule has 2 heterocycles. The third-order valence-corrected chi connectivity index (χ3v) is 5.62. The molecule has 0 N–H and O–H groups in total. The van der Waals surface area contributed by atoms with Crippen molar-refractivity contribution in [2.75, 3.05) is 10.7 Å². The number of carbonyl (C=O) groups excluding carboxylic acids is 1. The van der Waals surface area contributed by atoms with Crippen molar-refractivity contribution < 1.29 is 9.21 Å². The predicted octanol–water partition coefficient (Wildman–Crippen LogP) is 3.77. The highest BCUT2D eigenvalue weighted by molar-refractivity contribution is 8.14. The number of fused-ring (bicyclic) bond motifs is 1. The van der Waals surface area contributed by atoms with E-state index in [4.69, 9.17) is 16.0 Å². The number of halogens is 1. The van der Waals surface area contributed by atoms with Crippen LogP contribution in [0.4, 0.5) is 5.69 Å². The van der Waals surface area contributed by atoms with Crippen molar-refractivity contribution in [3.05, 3.63) is 64.1 Å². The van der Waals surface area contributed by atoms with Gasteiger partial charge in [-0.1, -0.05) is 35.5 Å². The Balaban J connectivity index is 1.72. The van der Waals surface area contributed by atoms with Crippen molar-refractivity contribution in [2.24, 2.45) is 4.99 Å². The summed E-state index contributed by atoms with van der Waals surface area (Å²) in [6.45, 7) is 1.85. The van der Waals surface area contributed by atoms with E-state index in [1.807, 2.05) is 6.92 Å². The first-order valence-electron chi connectivity index (χ1n) is 8.40. The summed E-state index contributed by atoms with van der Waals surface area (Å²) in [7, 11) is 0. The van der Waals surface area contributed by atoms with Crippen molar-refractivity contribution >= 4 is 51.2 Å². The first-order chi connectivity index (χ1) is 13.0. The van der Waals surface area contributed by atoms with Crippen molar-refractivity contribution in [3.8, 4) is 0 Å². The van der Waals surface area contributed by atoms with Crippen molar-refractivity contribution in [3.63, 3.8) is 0 Å². The summed E-state index contributed by atoms with van der Waals surface area (Å²) in [5.74, 6) is -0.0253. The summed E-state index contributed by atoms with van der Waals surface area (Å²) in [5, 5.41) is 1.20. The maximum Gasteiger partial charge on any atom is 0.420 e. The highest BCUT2D eigenvalue weighted by atomic mass is 35.5. The zero-order chi connectivity index (χ0) is 19.0. The van der Waals surface area contributed by atoms with Gasteiger partial charge in [-0.15, -0.1) is 0 Å². The molecule has 0 spiro atoms. The summed E-state index contributed by atoms with van der Waals surface area (Å²) >= 11 is 7.50. The van der Waals surface area contributed by atoms with E-state index in [1.165, 1.54) is 16.3 Å². The molecule has 6 nitrogen and oxygen atoms in total. The largest absolute Gasteiger partial charge is 0.420 e. The zero-order valence-corrected chi connectivity index (χ0v) is 16.0. The Bertz CT molecular complexity index is 1090. The van der Waals surface area contributed by atoms with E-state index in [1.54, 1.807) is 53.4 Å². The van der Waals surface area contributed by atoms with Gasteiger partial charge in [0, 0.05) is 10.8 Å². The lowest BCUT2D eigenvalue weighted by Crippen LogP contribution is -2.38. The normalized spacial score (nSPS) is 16.5. The number of amides is 1. The fraction of sp³-hybridized carbons (Fsp3) is 0.211. The van der Waals surface area contributed by atoms with Crippen LogP contribution < -0.4 is 10.7 Å². The molecule has 0 saturated heterocycles. The number of aromatic nitrogens is 1. The van der Waals surface area contributed by atoms with Crippen LogP contribution in [0.1, 0.15) is 6.92 Å². The van der Waals surface area contributed by atoms with Crippen molar-refractivity contribution in [1.82, 2.24) is 4.57 Å². The van der Waals surface area contributed by atoms with Crippen LogP contribution in [0.2, 0.25) is 5.02 Å². The van der Waals surface area contributed by atoms with E-state index in [0.29, 0.717) is 27.0 Å². The Morgan fingerprint density at radius 1 is 1.30 bits per heavy atom. The molecule has 0 unspecified atom stereocenters. The average Bonchev–Trinajstić information content (AvgIpc) is 3.21. The Morgan fingerprint density at radius 2 is 2.04 bits per heavy atom. The van der Waals surface area contributed by atoms with Crippen LogP contribution in [0.3, 0.4) is 0 Å². The van der Waals surface area contributed by atoms with Crippen LogP contribution in [-0.2, 0) is 11.3 Å². The second kappa shape index (κ2) is 7.25. The standard InChI is InChI=1S/C19H16ClN3O3S/c1-12-11-27-18(21-12)23(14-8-6-13(20)7-9-14)17(24)10-22-15-4-2-3-5-16(15)26-19(22)25/h2-9,12H,10-11H2,1H3/t12-/m0/s1. The van der Waals surface area contributed by atoms with Crippen LogP contribution in [0.15, 0.2) is 62.7 Å². The Morgan fingerprint density at radius 3 is 2.74 bits per heavy atom. The third-order valence-electron chi connectivity index (χ3n) is 4.18. The van der Waals surface area contributed by atoms with Gasteiger partial charge in [0.15, 0.2) is 10.8 Å². The number of anilines is 1. The molecule has 27 heavy (non-hydrogen) atoms. The van der Waals surface area contributed by atoms with E-state index in [9.17, 15) is 9.59 Å². The van der Waals surface area contributed by atoms with Gasteiger partial charge >= 0.3 is 5.76 Å². The number of oxazole rings is 1. The summed E-state index contributed by atoms with van der Waals surface area (Å²) in [5.41, 5.74) is 1.70. The minimum Gasteiger partial charge on any atom is -0.408 e. The SMILES string of the molecule is C[C@H]1CSC(N(C(=O)Cn2c(=O)oc3ccccc32)c2ccc(Cl)cc2)=N1. The lowest BCUT2D eigenvalue weighted by molar-refractivity contribution is -0.118. The maximum absolute atomic E-state index is 13.2. The Labute approximate surface area is 164 Å². The lowest BCUT2D eigenvalue weighted by Gasteiger charge is -2.22. The minimum absolute atomic E-state index is 0.130. The fourth-order valence-corrected chi connectivity index (χ4v) is 4.08. The first-order valence-corrected chi connectivity index (χ1v) is 9.77. The highest BCUT2D eigenvalue weighted by Gasteiger charge is 2.28. The number of benzene rings is 2. The van der Waals surface area contributed by atoms with Gasteiger partial charge in [0.1, 0.15) is 6.54 Å². The lowest BCUT2D eigenvalue weighted by atomic mass is 10.3. The Kier molecular flexibility index (Phi) is 4.80. The van der Waals surface area contributed by atoms with Gasteiger partial charge in [-0.3, -0.25) is 19.3 Å². The molecule has 2 aromatic carbocycles. The fourth-order valence-electron chi connectivity index (χ4n) is 2.90. The quantitative estimate of drug-likeness (QED) is 0.670. The van der Waals surface area contributed by atoms with Gasteiger partial charge in [-0.05, 0) is 43.3 Å². The summed E-state index contributed by atoms with van der Waals surface area (Å²) in [4.78, 5) is 31.5. The van der Waals surface area contributed by atoms with Crippen LogP contribution in [-0.4, -0.2) is 27.4 Å². The second-order valence-corrected chi connectivity index (χ2v) is 7.62. The summed E-state index contributed by atoms with van der Waals surface area (Å²) in [6, 6.07) is 14.1. The molecule has 0 saturated carbocycles. The zero-order valence-electron chi connectivity index (χ0n) is 14.5. The topological polar surface area (TPSA) is 67.8 Å². The monoisotopic (exact) mass is 401 g/mol. The molecule has 4 rings (SSSR count). The van der Waals surface area contributed by atoms with E-state index in [2.05, 4.69) is 4.99 Å².